The normalized spacial score (nSPS) is 17.9. The number of nitrogens with zero attached hydrogens (tertiary/aromatic N) is 2. The van der Waals surface area contributed by atoms with Crippen molar-refractivity contribution in [3.63, 3.8) is 0 Å². The number of hydrogen-bond acceptors (Lipinski definition) is 7. The summed E-state index contributed by atoms with van der Waals surface area (Å²) in [6.45, 7) is 0.965. The molecule has 29 heavy (non-hydrogen) atoms. The third-order valence-electron chi connectivity index (χ3n) is 5.15. The van der Waals surface area contributed by atoms with Crippen LogP contribution in [0.25, 0.3) is 0 Å². The molecule has 151 valence electrons. The lowest BCUT2D eigenvalue weighted by molar-refractivity contribution is 0.400. The highest BCUT2D eigenvalue weighted by molar-refractivity contribution is 7.93. The second kappa shape index (κ2) is 8.61. The van der Waals surface area contributed by atoms with Crippen LogP contribution in [-0.4, -0.2) is 31.7 Å². The Labute approximate surface area is 175 Å². The molecule has 2 heterocycles. The molecule has 1 aromatic heterocycles. The van der Waals surface area contributed by atoms with E-state index in [0.717, 1.165) is 36.5 Å². The minimum absolute atomic E-state index is 0.141. The van der Waals surface area contributed by atoms with E-state index in [1.807, 2.05) is 18.2 Å². The number of ether oxygens (including phenoxy) is 1. The van der Waals surface area contributed by atoms with Gasteiger partial charge >= 0.3 is 0 Å². The summed E-state index contributed by atoms with van der Waals surface area (Å²) in [5, 5.41) is 7.26. The molecule has 0 saturated carbocycles. The second-order valence-electron chi connectivity index (χ2n) is 6.95. The maximum Gasteiger partial charge on any atom is 0.219 e. The van der Waals surface area contributed by atoms with Gasteiger partial charge in [-0.05, 0) is 55.1 Å². The maximum absolute atomic E-state index is 12.9. The van der Waals surface area contributed by atoms with E-state index in [-0.39, 0.29) is 15.1 Å². The van der Waals surface area contributed by atoms with Crippen LogP contribution in [0.4, 0.5) is 0 Å². The van der Waals surface area contributed by atoms with Gasteiger partial charge in [-0.1, -0.05) is 34.8 Å². The predicted molar refractivity (Wildman–Crippen MR) is 112 cm³/mol. The Morgan fingerprint density at radius 1 is 1.21 bits per heavy atom. The monoisotopic (exact) mass is 428 g/mol. The SMILES string of the molecule is COc1ccc(S(=O)(=O)c2cnns2)cc1C[C]1CCCN[C@@H]1c1ccccc1. The van der Waals surface area contributed by atoms with E-state index in [0.29, 0.717) is 12.2 Å². The first-order valence-electron chi connectivity index (χ1n) is 9.42. The molecule has 0 aliphatic carbocycles. The van der Waals surface area contributed by atoms with Crippen LogP contribution in [0.2, 0.25) is 0 Å². The van der Waals surface area contributed by atoms with Crippen molar-refractivity contribution in [2.45, 2.75) is 34.4 Å². The van der Waals surface area contributed by atoms with E-state index in [2.05, 4.69) is 27.0 Å². The quantitative estimate of drug-likeness (QED) is 0.646. The standard InChI is InChI=1S/C21H22N3O3S2/c1-27-19-10-9-18(29(25,26)20-14-23-24-28-20)13-17(19)12-16-8-5-11-22-21(16)15-6-3-2-4-7-15/h2-4,6-7,9-10,13-14,21-22H,5,8,11-12H2,1H3/t21-/m1/s1. The zero-order valence-electron chi connectivity index (χ0n) is 16.0. The Balaban J connectivity index is 1.67. The number of hydrogen-bond donors (Lipinski definition) is 1. The minimum atomic E-state index is -3.64. The topological polar surface area (TPSA) is 81.2 Å². The van der Waals surface area contributed by atoms with Gasteiger partial charge < -0.3 is 10.1 Å². The molecule has 1 N–H and O–H groups in total. The molecule has 8 heteroatoms. The zero-order valence-corrected chi connectivity index (χ0v) is 17.7. The van der Waals surface area contributed by atoms with E-state index in [9.17, 15) is 8.42 Å². The maximum atomic E-state index is 12.9. The van der Waals surface area contributed by atoms with Gasteiger partial charge in [0.1, 0.15) is 5.75 Å². The molecule has 4 rings (SSSR count). The molecule has 6 nitrogen and oxygen atoms in total. The summed E-state index contributed by atoms with van der Waals surface area (Å²) < 4.78 is 35.2. The van der Waals surface area contributed by atoms with Crippen molar-refractivity contribution in [1.82, 2.24) is 14.9 Å². The van der Waals surface area contributed by atoms with Crippen molar-refractivity contribution in [2.75, 3.05) is 13.7 Å². The van der Waals surface area contributed by atoms with Gasteiger partial charge in [0.25, 0.3) is 0 Å². The number of rotatable bonds is 6. The van der Waals surface area contributed by atoms with Crippen LogP contribution in [0.15, 0.2) is 63.8 Å². The Morgan fingerprint density at radius 3 is 2.76 bits per heavy atom. The molecule has 0 spiro atoms. The number of benzene rings is 2. The molecule has 1 atom stereocenters. The summed E-state index contributed by atoms with van der Waals surface area (Å²) in [5.74, 6) is 2.02. The predicted octanol–water partition coefficient (Wildman–Crippen LogP) is 3.62. The van der Waals surface area contributed by atoms with Gasteiger partial charge in [-0.2, -0.15) is 0 Å². The lowest BCUT2D eigenvalue weighted by Crippen LogP contribution is -2.34. The molecule has 0 unspecified atom stereocenters. The first kappa shape index (κ1) is 20.0. The average molecular weight is 429 g/mol. The van der Waals surface area contributed by atoms with Crippen LogP contribution in [-0.2, 0) is 16.3 Å². The van der Waals surface area contributed by atoms with Crippen LogP contribution >= 0.6 is 11.5 Å². The van der Waals surface area contributed by atoms with E-state index < -0.39 is 9.84 Å². The fourth-order valence-corrected chi connectivity index (χ4v) is 5.75. The fraction of sp³-hybridized carbons (Fsp3) is 0.286. The van der Waals surface area contributed by atoms with Crippen molar-refractivity contribution >= 4 is 21.4 Å². The molecule has 3 aromatic rings. The molecular weight excluding hydrogens is 406 g/mol. The van der Waals surface area contributed by atoms with Crippen LogP contribution in [0.5, 0.6) is 5.75 Å². The third-order valence-corrected chi connectivity index (χ3v) is 8.00. The fourth-order valence-electron chi connectivity index (χ4n) is 3.74. The largest absolute Gasteiger partial charge is 0.496 e. The summed E-state index contributed by atoms with van der Waals surface area (Å²) in [4.78, 5) is 0.236. The molecule has 1 saturated heterocycles. The van der Waals surface area contributed by atoms with Gasteiger partial charge in [0.2, 0.25) is 9.84 Å². The first-order valence-corrected chi connectivity index (χ1v) is 11.7. The number of methoxy groups -OCH3 is 1. The smallest absolute Gasteiger partial charge is 0.219 e. The summed E-state index contributed by atoms with van der Waals surface area (Å²) in [6.07, 6.45) is 3.99. The van der Waals surface area contributed by atoms with Crippen molar-refractivity contribution in [3.8, 4) is 5.75 Å². The van der Waals surface area contributed by atoms with E-state index >= 15 is 0 Å². The highest BCUT2D eigenvalue weighted by Crippen LogP contribution is 2.37. The molecule has 1 fully saturated rings. The first-order chi connectivity index (χ1) is 14.1. The summed E-state index contributed by atoms with van der Waals surface area (Å²) in [5.41, 5.74) is 2.09. The number of nitrogens with one attached hydrogen (secondary N) is 1. The van der Waals surface area contributed by atoms with Crippen LogP contribution < -0.4 is 10.1 Å². The Kier molecular flexibility index (Phi) is 5.94. The van der Waals surface area contributed by atoms with Gasteiger partial charge in [0.05, 0.1) is 18.2 Å². The molecule has 1 radical (unpaired) electrons. The van der Waals surface area contributed by atoms with Crippen molar-refractivity contribution in [2.24, 2.45) is 0 Å². The summed E-state index contributed by atoms with van der Waals surface area (Å²) >= 11 is 0.878. The molecule has 1 aliphatic heterocycles. The van der Waals surface area contributed by atoms with Crippen molar-refractivity contribution in [1.29, 1.82) is 0 Å². The Morgan fingerprint density at radius 2 is 2.03 bits per heavy atom. The van der Waals surface area contributed by atoms with Crippen LogP contribution in [0.1, 0.15) is 30.0 Å². The molecule has 1 aliphatic rings. The van der Waals surface area contributed by atoms with E-state index in [1.54, 1.807) is 25.3 Å². The number of sulfone groups is 1. The van der Waals surface area contributed by atoms with Gasteiger partial charge in [0, 0.05) is 23.5 Å². The summed E-state index contributed by atoms with van der Waals surface area (Å²) in [6, 6.07) is 15.5. The third kappa shape index (κ3) is 4.19. The Bertz CT molecular complexity index is 1050. The summed E-state index contributed by atoms with van der Waals surface area (Å²) in [7, 11) is -2.03. The van der Waals surface area contributed by atoms with Gasteiger partial charge in [-0.15, -0.1) is 5.10 Å². The van der Waals surface area contributed by atoms with Crippen molar-refractivity contribution < 1.29 is 13.2 Å². The van der Waals surface area contributed by atoms with Gasteiger partial charge in [0.15, 0.2) is 4.21 Å². The highest BCUT2D eigenvalue weighted by Gasteiger charge is 2.29. The van der Waals surface area contributed by atoms with Crippen LogP contribution in [0.3, 0.4) is 0 Å². The average Bonchev–Trinajstić information content (AvgIpc) is 3.31. The lowest BCUT2D eigenvalue weighted by atomic mass is 9.82. The molecule has 0 bridgehead atoms. The lowest BCUT2D eigenvalue weighted by Gasteiger charge is -2.33. The van der Waals surface area contributed by atoms with E-state index in [4.69, 9.17) is 4.74 Å². The van der Waals surface area contributed by atoms with E-state index in [1.165, 1.54) is 17.7 Å². The second-order valence-corrected chi connectivity index (χ2v) is 9.91. The highest BCUT2D eigenvalue weighted by atomic mass is 32.2. The van der Waals surface area contributed by atoms with Crippen molar-refractivity contribution in [3.05, 3.63) is 71.8 Å². The Hall–Kier alpha value is -2.29. The number of aromatic nitrogens is 2. The van der Waals surface area contributed by atoms with Crippen LogP contribution in [0, 0.1) is 5.92 Å². The molecule has 2 aromatic carbocycles. The molecule has 0 amide bonds. The number of piperidine rings is 1. The van der Waals surface area contributed by atoms with Gasteiger partial charge in [-0.25, -0.2) is 8.42 Å². The zero-order chi connectivity index (χ0) is 20.3. The minimum Gasteiger partial charge on any atom is -0.496 e. The van der Waals surface area contributed by atoms with Gasteiger partial charge in [-0.3, -0.25) is 0 Å². The molecular formula is C21H22N3O3S2.